The Labute approximate surface area is 119 Å². The van der Waals surface area contributed by atoms with E-state index in [1.54, 1.807) is 6.08 Å². The quantitative estimate of drug-likeness (QED) is 0.838. The smallest absolute Gasteiger partial charge is 0.158 e. The third-order valence-electron chi connectivity index (χ3n) is 3.12. The first-order chi connectivity index (χ1) is 9.65. The fraction of sp³-hybridized carbons (Fsp3) is 0.167. The molecule has 0 bridgehead atoms. The van der Waals surface area contributed by atoms with E-state index in [2.05, 4.69) is 0 Å². The zero-order chi connectivity index (χ0) is 14.4. The predicted octanol–water partition coefficient (Wildman–Crippen LogP) is 3.70. The van der Waals surface area contributed by atoms with Gasteiger partial charge in [0.1, 0.15) is 0 Å². The Morgan fingerprint density at radius 1 is 1.10 bits per heavy atom. The van der Waals surface area contributed by atoms with Gasteiger partial charge in [-0.1, -0.05) is 66.2 Å². The minimum absolute atomic E-state index is 0.0815. The van der Waals surface area contributed by atoms with E-state index in [9.17, 15) is 9.90 Å². The third kappa shape index (κ3) is 4.18. The molecular weight excluding hydrogens is 248 g/mol. The molecule has 0 radical (unpaired) electrons. The molecule has 0 aliphatic rings. The van der Waals surface area contributed by atoms with Gasteiger partial charge in [-0.05, 0) is 24.1 Å². The number of carbonyl (C=O) groups is 1. The van der Waals surface area contributed by atoms with E-state index < -0.39 is 6.10 Å². The van der Waals surface area contributed by atoms with Gasteiger partial charge in [-0.2, -0.15) is 0 Å². The van der Waals surface area contributed by atoms with Crippen molar-refractivity contribution in [1.29, 1.82) is 0 Å². The Balaban J connectivity index is 1.94. The van der Waals surface area contributed by atoms with Crippen molar-refractivity contribution in [3.8, 4) is 0 Å². The molecule has 0 amide bonds. The number of aryl methyl sites for hydroxylation is 1. The van der Waals surface area contributed by atoms with Crippen LogP contribution < -0.4 is 0 Å². The third-order valence-corrected chi connectivity index (χ3v) is 3.12. The standard InChI is InChI=1S/C18H18O2/c1-14-7-10-16(11-8-14)18(20)13-17(19)12-9-15-5-3-2-4-6-15/h2-12,18,20H,13H2,1H3/b12-9+/t18-/m1/s1. The summed E-state index contributed by atoms with van der Waals surface area (Å²) in [5.74, 6) is -0.0815. The Morgan fingerprint density at radius 2 is 1.75 bits per heavy atom. The molecule has 0 spiro atoms. The van der Waals surface area contributed by atoms with Crippen molar-refractivity contribution < 1.29 is 9.90 Å². The summed E-state index contributed by atoms with van der Waals surface area (Å²) in [7, 11) is 0. The maximum atomic E-state index is 11.8. The zero-order valence-corrected chi connectivity index (χ0v) is 11.5. The lowest BCUT2D eigenvalue weighted by atomic mass is 10.0. The summed E-state index contributed by atoms with van der Waals surface area (Å²) in [6.07, 6.45) is 2.65. The molecule has 0 aliphatic carbocycles. The first-order valence-electron chi connectivity index (χ1n) is 6.66. The second-order valence-corrected chi connectivity index (χ2v) is 4.84. The average molecular weight is 266 g/mol. The summed E-state index contributed by atoms with van der Waals surface area (Å²) in [4.78, 5) is 11.8. The van der Waals surface area contributed by atoms with Gasteiger partial charge in [-0.3, -0.25) is 4.79 Å². The van der Waals surface area contributed by atoms with Gasteiger partial charge >= 0.3 is 0 Å². The van der Waals surface area contributed by atoms with Crippen LogP contribution in [0.2, 0.25) is 0 Å². The minimum Gasteiger partial charge on any atom is -0.388 e. The summed E-state index contributed by atoms with van der Waals surface area (Å²) >= 11 is 0. The molecule has 2 aromatic rings. The van der Waals surface area contributed by atoms with Gasteiger partial charge in [0, 0.05) is 6.42 Å². The molecule has 2 heteroatoms. The van der Waals surface area contributed by atoms with Crippen LogP contribution in [-0.4, -0.2) is 10.9 Å². The first-order valence-corrected chi connectivity index (χ1v) is 6.66. The van der Waals surface area contributed by atoms with Crippen LogP contribution in [0.25, 0.3) is 6.08 Å². The molecule has 0 saturated heterocycles. The molecule has 0 unspecified atom stereocenters. The van der Waals surface area contributed by atoms with E-state index in [4.69, 9.17) is 0 Å². The number of hydrogen-bond acceptors (Lipinski definition) is 2. The molecule has 2 nitrogen and oxygen atoms in total. The molecule has 0 aromatic heterocycles. The number of carbonyl (C=O) groups excluding carboxylic acids is 1. The van der Waals surface area contributed by atoms with Crippen LogP contribution in [-0.2, 0) is 4.79 Å². The van der Waals surface area contributed by atoms with E-state index >= 15 is 0 Å². The zero-order valence-electron chi connectivity index (χ0n) is 11.5. The number of benzene rings is 2. The molecule has 102 valence electrons. The number of ketones is 1. The molecule has 2 rings (SSSR count). The van der Waals surface area contributed by atoms with Gasteiger partial charge in [-0.15, -0.1) is 0 Å². The highest BCUT2D eigenvalue weighted by Gasteiger charge is 2.10. The van der Waals surface area contributed by atoms with Gasteiger partial charge in [-0.25, -0.2) is 0 Å². The van der Waals surface area contributed by atoms with Crippen molar-refractivity contribution in [2.24, 2.45) is 0 Å². The largest absolute Gasteiger partial charge is 0.388 e. The van der Waals surface area contributed by atoms with E-state index in [1.165, 1.54) is 6.08 Å². The lowest BCUT2D eigenvalue weighted by molar-refractivity contribution is -0.116. The lowest BCUT2D eigenvalue weighted by Gasteiger charge is -2.09. The Kier molecular flexibility index (Phi) is 4.85. The van der Waals surface area contributed by atoms with Crippen molar-refractivity contribution in [2.45, 2.75) is 19.4 Å². The van der Waals surface area contributed by atoms with Crippen LogP contribution in [0.1, 0.15) is 29.2 Å². The number of rotatable bonds is 5. The number of hydrogen-bond donors (Lipinski definition) is 1. The van der Waals surface area contributed by atoms with Crippen LogP contribution in [0.4, 0.5) is 0 Å². The molecule has 1 N–H and O–H groups in total. The van der Waals surface area contributed by atoms with Crippen LogP contribution in [0.15, 0.2) is 60.7 Å². The van der Waals surface area contributed by atoms with E-state index in [-0.39, 0.29) is 12.2 Å². The highest BCUT2D eigenvalue weighted by atomic mass is 16.3. The van der Waals surface area contributed by atoms with Crippen molar-refractivity contribution >= 4 is 11.9 Å². The van der Waals surface area contributed by atoms with Crippen molar-refractivity contribution in [3.05, 3.63) is 77.4 Å². The maximum absolute atomic E-state index is 11.8. The average Bonchev–Trinajstić information content (AvgIpc) is 2.47. The van der Waals surface area contributed by atoms with Crippen molar-refractivity contribution in [2.75, 3.05) is 0 Å². The summed E-state index contributed by atoms with van der Waals surface area (Å²) in [6, 6.07) is 17.2. The van der Waals surface area contributed by atoms with E-state index in [0.717, 1.165) is 16.7 Å². The Hall–Kier alpha value is -2.19. The monoisotopic (exact) mass is 266 g/mol. The summed E-state index contributed by atoms with van der Waals surface area (Å²) in [5, 5.41) is 10.0. The molecule has 0 saturated carbocycles. The van der Waals surface area contributed by atoms with Crippen molar-refractivity contribution in [3.63, 3.8) is 0 Å². The highest BCUT2D eigenvalue weighted by molar-refractivity contribution is 5.93. The van der Waals surface area contributed by atoms with Crippen LogP contribution in [0.3, 0.4) is 0 Å². The van der Waals surface area contributed by atoms with Gasteiger partial charge < -0.3 is 5.11 Å². The first kappa shape index (κ1) is 14.2. The number of aliphatic hydroxyl groups excluding tert-OH is 1. The molecular formula is C18H18O2. The lowest BCUT2D eigenvalue weighted by Crippen LogP contribution is -2.04. The topological polar surface area (TPSA) is 37.3 Å². The fourth-order valence-electron chi connectivity index (χ4n) is 1.92. The molecule has 1 atom stereocenters. The Morgan fingerprint density at radius 3 is 2.40 bits per heavy atom. The van der Waals surface area contributed by atoms with Gasteiger partial charge in [0.25, 0.3) is 0 Å². The molecule has 2 aromatic carbocycles. The van der Waals surface area contributed by atoms with Crippen molar-refractivity contribution in [1.82, 2.24) is 0 Å². The second-order valence-electron chi connectivity index (χ2n) is 4.84. The second kappa shape index (κ2) is 6.83. The molecule has 0 heterocycles. The van der Waals surface area contributed by atoms with Crippen LogP contribution in [0.5, 0.6) is 0 Å². The summed E-state index contributed by atoms with van der Waals surface area (Å²) in [5.41, 5.74) is 2.89. The molecule has 20 heavy (non-hydrogen) atoms. The van der Waals surface area contributed by atoms with E-state index in [0.29, 0.717) is 0 Å². The van der Waals surface area contributed by atoms with Crippen LogP contribution in [0, 0.1) is 6.92 Å². The van der Waals surface area contributed by atoms with Crippen LogP contribution >= 0.6 is 0 Å². The van der Waals surface area contributed by atoms with E-state index in [1.807, 2.05) is 61.5 Å². The highest BCUT2D eigenvalue weighted by Crippen LogP contribution is 2.17. The van der Waals surface area contributed by atoms with Gasteiger partial charge in [0.05, 0.1) is 6.10 Å². The maximum Gasteiger partial charge on any atom is 0.158 e. The number of aliphatic hydroxyl groups is 1. The van der Waals surface area contributed by atoms with Gasteiger partial charge in [0.2, 0.25) is 0 Å². The normalized spacial score (nSPS) is 12.5. The number of allylic oxidation sites excluding steroid dienone is 1. The van der Waals surface area contributed by atoms with Gasteiger partial charge in [0.15, 0.2) is 5.78 Å². The molecule has 0 fully saturated rings. The SMILES string of the molecule is Cc1ccc([C@H](O)CC(=O)/C=C/c2ccccc2)cc1. The molecule has 0 aliphatic heterocycles. The predicted molar refractivity (Wildman–Crippen MR) is 81.2 cm³/mol. The minimum atomic E-state index is -0.747. The summed E-state index contributed by atoms with van der Waals surface area (Å²) in [6.45, 7) is 1.99. The Bertz CT molecular complexity index is 583. The fourth-order valence-corrected chi connectivity index (χ4v) is 1.92. The summed E-state index contributed by atoms with van der Waals surface area (Å²) < 4.78 is 0.